The lowest BCUT2D eigenvalue weighted by atomic mass is 10.2. The molecular formula is C14H22FNO2. The fraction of sp³-hybridized carbons (Fsp3) is 0.571. The van der Waals surface area contributed by atoms with Gasteiger partial charge in [-0.2, -0.15) is 0 Å². The van der Waals surface area contributed by atoms with Gasteiger partial charge < -0.3 is 15.2 Å². The molecule has 0 heterocycles. The van der Waals surface area contributed by atoms with Gasteiger partial charge in [0, 0.05) is 25.3 Å². The molecule has 2 N–H and O–H groups in total. The Labute approximate surface area is 108 Å². The summed E-state index contributed by atoms with van der Waals surface area (Å²) in [6, 6.07) is 3.97. The first-order chi connectivity index (χ1) is 8.59. The Bertz CT molecular complexity index is 356. The summed E-state index contributed by atoms with van der Waals surface area (Å²) < 4.78 is 18.4. The topological polar surface area (TPSA) is 41.5 Å². The second-order valence-corrected chi connectivity index (χ2v) is 4.77. The van der Waals surface area contributed by atoms with Gasteiger partial charge in [-0.25, -0.2) is 4.39 Å². The first kappa shape index (κ1) is 14.9. The maximum atomic E-state index is 12.9. The summed E-state index contributed by atoms with van der Waals surface area (Å²) in [6.45, 7) is 6.99. The summed E-state index contributed by atoms with van der Waals surface area (Å²) in [6.07, 6.45) is 0.906. The molecular weight excluding hydrogens is 233 g/mol. The van der Waals surface area contributed by atoms with Gasteiger partial charge in [0.05, 0.1) is 0 Å². The zero-order valence-corrected chi connectivity index (χ0v) is 11.1. The van der Waals surface area contributed by atoms with Crippen LogP contribution in [-0.2, 0) is 11.3 Å². The molecule has 0 saturated carbocycles. The minimum atomic E-state index is -0.329. The van der Waals surface area contributed by atoms with Crippen molar-refractivity contribution in [2.24, 2.45) is 5.92 Å². The quantitative estimate of drug-likeness (QED) is 0.702. The highest BCUT2D eigenvalue weighted by Crippen LogP contribution is 2.17. The largest absolute Gasteiger partial charge is 0.508 e. The van der Waals surface area contributed by atoms with Crippen molar-refractivity contribution in [3.05, 3.63) is 29.6 Å². The van der Waals surface area contributed by atoms with E-state index in [1.54, 1.807) is 0 Å². The predicted octanol–water partition coefficient (Wildman–Crippen LogP) is 2.68. The second-order valence-electron chi connectivity index (χ2n) is 4.77. The molecule has 18 heavy (non-hydrogen) atoms. The van der Waals surface area contributed by atoms with Crippen LogP contribution in [0, 0.1) is 11.7 Å². The smallest absolute Gasteiger partial charge is 0.123 e. The number of nitrogens with one attached hydrogen (secondary N) is 1. The third kappa shape index (κ3) is 5.98. The molecule has 0 aromatic heterocycles. The third-order valence-corrected chi connectivity index (χ3v) is 2.45. The molecule has 3 nitrogen and oxygen atoms in total. The molecule has 1 aromatic carbocycles. The van der Waals surface area contributed by atoms with E-state index in [9.17, 15) is 9.50 Å². The summed E-state index contributed by atoms with van der Waals surface area (Å²) in [7, 11) is 0. The molecule has 1 rings (SSSR count). The van der Waals surface area contributed by atoms with Crippen LogP contribution in [0.5, 0.6) is 5.75 Å². The number of rotatable bonds is 8. The van der Waals surface area contributed by atoms with E-state index < -0.39 is 0 Å². The van der Waals surface area contributed by atoms with E-state index in [0.717, 1.165) is 26.2 Å². The van der Waals surface area contributed by atoms with Crippen molar-refractivity contribution in [3.63, 3.8) is 0 Å². The normalized spacial score (nSPS) is 11.1. The standard InChI is InChI=1S/C14H22FNO2/c1-11(2)10-18-7-3-6-16-9-12-8-13(15)4-5-14(12)17/h4-5,8,11,16-17H,3,6-7,9-10H2,1-2H3. The van der Waals surface area contributed by atoms with Crippen molar-refractivity contribution in [3.8, 4) is 5.75 Å². The number of hydrogen-bond donors (Lipinski definition) is 2. The molecule has 0 saturated heterocycles. The first-order valence-electron chi connectivity index (χ1n) is 6.35. The van der Waals surface area contributed by atoms with Gasteiger partial charge in [-0.05, 0) is 37.1 Å². The van der Waals surface area contributed by atoms with Crippen molar-refractivity contribution in [2.45, 2.75) is 26.8 Å². The molecule has 0 fully saturated rings. The van der Waals surface area contributed by atoms with E-state index in [1.165, 1.54) is 18.2 Å². The Hall–Kier alpha value is -1.13. The van der Waals surface area contributed by atoms with Crippen LogP contribution < -0.4 is 5.32 Å². The maximum Gasteiger partial charge on any atom is 0.123 e. The Morgan fingerprint density at radius 1 is 1.39 bits per heavy atom. The van der Waals surface area contributed by atoms with E-state index in [0.29, 0.717) is 18.0 Å². The number of aromatic hydroxyl groups is 1. The van der Waals surface area contributed by atoms with Gasteiger partial charge in [-0.3, -0.25) is 0 Å². The summed E-state index contributed by atoms with van der Waals surface area (Å²) in [4.78, 5) is 0. The van der Waals surface area contributed by atoms with Gasteiger partial charge in [0.25, 0.3) is 0 Å². The molecule has 0 aliphatic carbocycles. The van der Waals surface area contributed by atoms with Crippen LogP contribution in [0.4, 0.5) is 4.39 Å². The van der Waals surface area contributed by atoms with E-state index in [1.807, 2.05) is 0 Å². The molecule has 0 bridgehead atoms. The molecule has 0 spiro atoms. The Morgan fingerprint density at radius 3 is 2.89 bits per heavy atom. The molecule has 0 unspecified atom stereocenters. The summed E-state index contributed by atoms with van der Waals surface area (Å²) in [5, 5.41) is 12.7. The van der Waals surface area contributed by atoms with E-state index in [4.69, 9.17) is 4.74 Å². The molecule has 4 heteroatoms. The summed E-state index contributed by atoms with van der Waals surface area (Å²) >= 11 is 0. The Balaban J connectivity index is 2.12. The van der Waals surface area contributed by atoms with Crippen molar-refractivity contribution in [1.29, 1.82) is 0 Å². The summed E-state index contributed by atoms with van der Waals surface area (Å²) in [5.41, 5.74) is 0.582. The highest BCUT2D eigenvalue weighted by molar-refractivity contribution is 5.32. The highest BCUT2D eigenvalue weighted by atomic mass is 19.1. The minimum Gasteiger partial charge on any atom is -0.508 e. The molecule has 1 aromatic rings. The Kier molecular flexibility index (Phi) is 6.68. The van der Waals surface area contributed by atoms with Gasteiger partial charge in [0.15, 0.2) is 0 Å². The number of benzene rings is 1. The minimum absolute atomic E-state index is 0.125. The predicted molar refractivity (Wildman–Crippen MR) is 70.0 cm³/mol. The maximum absolute atomic E-state index is 12.9. The molecule has 0 atom stereocenters. The van der Waals surface area contributed by atoms with Gasteiger partial charge in [0.2, 0.25) is 0 Å². The lowest BCUT2D eigenvalue weighted by Gasteiger charge is -2.08. The van der Waals surface area contributed by atoms with E-state index >= 15 is 0 Å². The number of hydrogen-bond acceptors (Lipinski definition) is 3. The van der Waals surface area contributed by atoms with Crippen LogP contribution >= 0.6 is 0 Å². The van der Waals surface area contributed by atoms with Gasteiger partial charge in [-0.1, -0.05) is 13.8 Å². The molecule has 0 aliphatic heterocycles. The van der Waals surface area contributed by atoms with Crippen LogP contribution in [0.3, 0.4) is 0 Å². The van der Waals surface area contributed by atoms with Crippen LogP contribution in [-0.4, -0.2) is 24.9 Å². The Morgan fingerprint density at radius 2 is 2.17 bits per heavy atom. The van der Waals surface area contributed by atoms with Gasteiger partial charge in [-0.15, -0.1) is 0 Å². The second kappa shape index (κ2) is 8.06. The zero-order chi connectivity index (χ0) is 13.4. The van der Waals surface area contributed by atoms with E-state index in [2.05, 4.69) is 19.2 Å². The average Bonchev–Trinajstić information content (AvgIpc) is 2.32. The molecule has 0 amide bonds. The van der Waals surface area contributed by atoms with Crippen molar-refractivity contribution < 1.29 is 14.2 Å². The molecule has 0 aliphatic rings. The monoisotopic (exact) mass is 255 g/mol. The average molecular weight is 255 g/mol. The number of halogens is 1. The number of phenolic OH excluding ortho intramolecular Hbond substituents is 1. The van der Waals surface area contributed by atoms with Crippen molar-refractivity contribution in [2.75, 3.05) is 19.8 Å². The zero-order valence-electron chi connectivity index (χ0n) is 11.1. The first-order valence-corrected chi connectivity index (χ1v) is 6.35. The number of phenols is 1. The van der Waals surface area contributed by atoms with Crippen LogP contribution in [0.2, 0.25) is 0 Å². The highest BCUT2D eigenvalue weighted by Gasteiger charge is 2.02. The van der Waals surface area contributed by atoms with Crippen molar-refractivity contribution in [1.82, 2.24) is 5.32 Å². The SMILES string of the molecule is CC(C)COCCCNCc1cc(F)ccc1O. The van der Waals surface area contributed by atoms with Crippen LogP contribution in [0.25, 0.3) is 0 Å². The summed E-state index contributed by atoms with van der Waals surface area (Å²) in [5.74, 6) is 0.354. The lowest BCUT2D eigenvalue weighted by Crippen LogP contribution is -2.17. The van der Waals surface area contributed by atoms with Crippen LogP contribution in [0.15, 0.2) is 18.2 Å². The number of ether oxygens (including phenoxy) is 1. The fourth-order valence-corrected chi connectivity index (χ4v) is 1.54. The third-order valence-electron chi connectivity index (χ3n) is 2.45. The molecule has 0 radical (unpaired) electrons. The van der Waals surface area contributed by atoms with Gasteiger partial charge >= 0.3 is 0 Å². The van der Waals surface area contributed by atoms with Crippen molar-refractivity contribution >= 4 is 0 Å². The fourth-order valence-electron chi connectivity index (χ4n) is 1.54. The van der Waals surface area contributed by atoms with Crippen LogP contribution in [0.1, 0.15) is 25.8 Å². The van der Waals surface area contributed by atoms with Gasteiger partial charge in [0.1, 0.15) is 11.6 Å². The van der Waals surface area contributed by atoms with E-state index in [-0.39, 0.29) is 11.6 Å². The molecule has 102 valence electrons. The lowest BCUT2D eigenvalue weighted by molar-refractivity contribution is 0.108.